The van der Waals surface area contributed by atoms with Crippen LogP contribution in [-0.4, -0.2) is 9.78 Å². The van der Waals surface area contributed by atoms with Gasteiger partial charge in [0.05, 0.1) is 0 Å². The molecule has 0 atom stereocenters. The molecule has 0 aliphatic heterocycles. The van der Waals surface area contributed by atoms with Gasteiger partial charge in [-0.3, -0.25) is 0 Å². The second-order valence-electron chi connectivity index (χ2n) is 5.03. The lowest BCUT2D eigenvalue weighted by molar-refractivity contribution is 0.288. The summed E-state index contributed by atoms with van der Waals surface area (Å²) in [6.07, 6.45) is 3.19. The van der Waals surface area contributed by atoms with Crippen LogP contribution in [0.5, 0.6) is 5.88 Å². The first-order chi connectivity index (χ1) is 10.7. The quantitative estimate of drug-likeness (QED) is 0.788. The van der Waals surface area contributed by atoms with E-state index in [1.807, 2.05) is 18.2 Å². The number of nitrogens with zero attached hydrogens (tertiary/aromatic N) is 3. The van der Waals surface area contributed by atoms with Crippen LogP contribution in [0.4, 0.5) is 5.82 Å². The average Bonchev–Trinajstić information content (AvgIpc) is 2.81. The number of anilines is 1. The van der Waals surface area contributed by atoms with Crippen LogP contribution in [-0.2, 0) is 13.2 Å². The molecule has 0 fully saturated rings. The smallest absolute Gasteiger partial charge is 0.253 e. The summed E-state index contributed by atoms with van der Waals surface area (Å²) in [6, 6.07) is 9.43. The molecule has 116 valence electrons. The number of benzene rings is 1. The zero-order valence-corrected chi connectivity index (χ0v) is 13.3. The van der Waals surface area contributed by atoms with Crippen LogP contribution in [0.15, 0.2) is 24.3 Å². The molecule has 0 spiro atoms. The molecule has 0 amide bonds. The molecule has 1 heterocycles. The van der Waals surface area contributed by atoms with Gasteiger partial charge in [0.2, 0.25) is 0 Å². The number of nitrogens with two attached hydrogens (primary N) is 1. The molecule has 2 N–H and O–H groups in total. The Labute approximate surface area is 135 Å². The van der Waals surface area contributed by atoms with Gasteiger partial charge in [0.25, 0.3) is 5.88 Å². The zero-order chi connectivity index (χ0) is 15.9. The van der Waals surface area contributed by atoms with Crippen LogP contribution in [0.25, 0.3) is 0 Å². The largest absolute Gasteiger partial charge is 0.471 e. The number of aryl methyl sites for hydroxylation is 1. The minimum atomic E-state index is 0.275. The Morgan fingerprint density at radius 1 is 1.41 bits per heavy atom. The molecule has 0 radical (unpaired) electrons. The van der Waals surface area contributed by atoms with Gasteiger partial charge in [-0.25, -0.2) is 4.68 Å². The Hall–Kier alpha value is -2.19. The summed E-state index contributed by atoms with van der Waals surface area (Å²) in [7, 11) is 0. The molecule has 22 heavy (non-hydrogen) atoms. The molecule has 2 aromatic rings. The molecule has 0 aliphatic carbocycles. The fourth-order valence-electron chi connectivity index (χ4n) is 2.12. The van der Waals surface area contributed by atoms with E-state index in [1.165, 1.54) is 0 Å². The fraction of sp³-hybridized carbons (Fsp3) is 0.375. The maximum absolute atomic E-state index is 9.24. The van der Waals surface area contributed by atoms with E-state index < -0.39 is 0 Å². The first-order valence-corrected chi connectivity index (χ1v) is 7.67. The molecule has 6 heteroatoms. The van der Waals surface area contributed by atoms with E-state index in [1.54, 1.807) is 10.7 Å². The summed E-state index contributed by atoms with van der Waals surface area (Å²) in [5.74, 6) is 0.635. The second-order valence-corrected chi connectivity index (χ2v) is 5.46. The van der Waals surface area contributed by atoms with Crippen molar-refractivity contribution in [1.29, 1.82) is 5.26 Å². The van der Waals surface area contributed by atoms with Crippen molar-refractivity contribution in [3.05, 3.63) is 40.4 Å². The van der Waals surface area contributed by atoms with Crippen molar-refractivity contribution in [2.45, 2.75) is 39.3 Å². The highest BCUT2D eigenvalue weighted by Gasteiger charge is 2.16. The van der Waals surface area contributed by atoms with Crippen LogP contribution in [0.3, 0.4) is 0 Å². The monoisotopic (exact) mass is 318 g/mol. The highest BCUT2D eigenvalue weighted by Crippen LogP contribution is 2.24. The summed E-state index contributed by atoms with van der Waals surface area (Å²) in [6.45, 7) is 3.11. The molecular formula is C16H19ClN4O. The predicted molar refractivity (Wildman–Crippen MR) is 86.7 cm³/mol. The van der Waals surface area contributed by atoms with E-state index in [9.17, 15) is 5.26 Å². The first kappa shape index (κ1) is 16.2. The Bertz CT molecular complexity index is 675. The van der Waals surface area contributed by atoms with Crippen molar-refractivity contribution >= 4 is 17.4 Å². The van der Waals surface area contributed by atoms with Crippen LogP contribution < -0.4 is 10.5 Å². The van der Waals surface area contributed by atoms with Crippen molar-refractivity contribution in [2.24, 2.45) is 0 Å². The lowest BCUT2D eigenvalue weighted by atomic mass is 10.2. The average molecular weight is 319 g/mol. The second kappa shape index (κ2) is 7.71. The van der Waals surface area contributed by atoms with Crippen LogP contribution >= 0.6 is 11.6 Å². The number of nitriles is 1. The molecule has 1 aromatic heterocycles. The van der Waals surface area contributed by atoms with Crippen LogP contribution in [0, 0.1) is 11.3 Å². The number of nitrogen functional groups attached to an aromatic ring is 1. The van der Waals surface area contributed by atoms with Gasteiger partial charge in [-0.1, -0.05) is 43.5 Å². The van der Waals surface area contributed by atoms with Gasteiger partial charge in [0.15, 0.2) is 5.56 Å². The maximum atomic E-state index is 9.24. The Morgan fingerprint density at radius 2 is 2.23 bits per heavy atom. The highest BCUT2D eigenvalue weighted by molar-refractivity contribution is 6.30. The number of unbranched alkanes of at least 4 members (excludes halogenated alkanes) is 2. The van der Waals surface area contributed by atoms with E-state index in [0.717, 1.165) is 24.8 Å². The summed E-state index contributed by atoms with van der Waals surface area (Å²) < 4.78 is 7.28. The number of halogens is 1. The third kappa shape index (κ3) is 3.92. The van der Waals surface area contributed by atoms with E-state index in [-0.39, 0.29) is 5.88 Å². The molecule has 1 aromatic carbocycles. The SMILES string of the molecule is CCCCCn1nc(OCc2cccc(Cl)c2)c(C#N)c1N. The molecule has 0 aliphatic rings. The number of hydrogen-bond acceptors (Lipinski definition) is 4. The highest BCUT2D eigenvalue weighted by atomic mass is 35.5. The van der Waals surface area contributed by atoms with Gasteiger partial charge in [-0.05, 0) is 24.1 Å². The van der Waals surface area contributed by atoms with Crippen molar-refractivity contribution in [1.82, 2.24) is 9.78 Å². The Kier molecular flexibility index (Phi) is 5.68. The number of ether oxygens (including phenoxy) is 1. The van der Waals surface area contributed by atoms with E-state index in [4.69, 9.17) is 22.1 Å². The topological polar surface area (TPSA) is 76.9 Å². The third-order valence-corrected chi connectivity index (χ3v) is 3.54. The summed E-state index contributed by atoms with van der Waals surface area (Å²) in [4.78, 5) is 0. The number of aromatic nitrogens is 2. The first-order valence-electron chi connectivity index (χ1n) is 7.29. The van der Waals surface area contributed by atoms with Gasteiger partial charge >= 0.3 is 0 Å². The molecule has 0 saturated heterocycles. The number of rotatable bonds is 7. The minimum Gasteiger partial charge on any atom is -0.471 e. The maximum Gasteiger partial charge on any atom is 0.253 e. The van der Waals surface area contributed by atoms with E-state index >= 15 is 0 Å². The normalized spacial score (nSPS) is 10.4. The molecule has 5 nitrogen and oxygen atoms in total. The fourth-order valence-corrected chi connectivity index (χ4v) is 2.33. The van der Waals surface area contributed by atoms with Crippen molar-refractivity contribution in [2.75, 3.05) is 5.73 Å². The van der Waals surface area contributed by atoms with Gasteiger partial charge in [0, 0.05) is 11.6 Å². The molecule has 2 rings (SSSR count). The Balaban J connectivity index is 2.10. The lowest BCUT2D eigenvalue weighted by Gasteiger charge is -2.04. The van der Waals surface area contributed by atoms with Gasteiger partial charge in [-0.2, -0.15) is 5.26 Å². The van der Waals surface area contributed by atoms with Gasteiger partial charge < -0.3 is 10.5 Å². The molecule has 0 unspecified atom stereocenters. The minimum absolute atomic E-state index is 0.275. The molecular weight excluding hydrogens is 300 g/mol. The summed E-state index contributed by atoms with van der Waals surface area (Å²) >= 11 is 5.94. The molecule has 0 saturated carbocycles. The molecule has 0 bridgehead atoms. The Morgan fingerprint density at radius 3 is 2.91 bits per heavy atom. The van der Waals surface area contributed by atoms with Gasteiger partial charge in [0.1, 0.15) is 18.5 Å². The van der Waals surface area contributed by atoms with Gasteiger partial charge in [-0.15, -0.1) is 5.10 Å². The van der Waals surface area contributed by atoms with Crippen molar-refractivity contribution in [3.63, 3.8) is 0 Å². The number of hydrogen-bond donors (Lipinski definition) is 1. The van der Waals surface area contributed by atoms with E-state index in [0.29, 0.717) is 29.6 Å². The van der Waals surface area contributed by atoms with Crippen molar-refractivity contribution in [3.8, 4) is 11.9 Å². The van der Waals surface area contributed by atoms with E-state index in [2.05, 4.69) is 18.1 Å². The standard InChI is InChI=1S/C16H19ClN4O/c1-2-3-4-8-21-15(19)14(10-18)16(20-21)22-11-12-6-5-7-13(17)9-12/h5-7,9H,2-4,8,11,19H2,1H3. The third-order valence-electron chi connectivity index (χ3n) is 3.31. The predicted octanol–water partition coefficient (Wildman–Crippen LogP) is 3.76. The zero-order valence-electron chi connectivity index (χ0n) is 12.6. The summed E-state index contributed by atoms with van der Waals surface area (Å²) in [5, 5.41) is 14.2. The van der Waals surface area contributed by atoms with Crippen LogP contribution in [0.1, 0.15) is 37.3 Å². The summed E-state index contributed by atoms with van der Waals surface area (Å²) in [5.41, 5.74) is 7.17. The van der Waals surface area contributed by atoms with Crippen molar-refractivity contribution < 1.29 is 4.74 Å². The lowest BCUT2D eigenvalue weighted by Crippen LogP contribution is -2.05. The van der Waals surface area contributed by atoms with Crippen LogP contribution in [0.2, 0.25) is 5.02 Å².